The molecule has 2 aromatic rings. The van der Waals surface area contributed by atoms with Crippen LogP contribution in [0.25, 0.3) is 0 Å². The number of fused-ring (bicyclic) bond motifs is 1. The third kappa shape index (κ3) is 2.61. The molecule has 1 amide bonds. The first kappa shape index (κ1) is 14.7. The molecule has 0 N–H and O–H groups in total. The molecule has 0 bridgehead atoms. The van der Waals surface area contributed by atoms with Gasteiger partial charge < -0.3 is 4.90 Å². The van der Waals surface area contributed by atoms with E-state index < -0.39 is 17.5 Å². The van der Waals surface area contributed by atoms with Gasteiger partial charge in [0.15, 0.2) is 0 Å². The number of benzene rings is 2. The van der Waals surface area contributed by atoms with Crippen molar-refractivity contribution < 1.29 is 13.6 Å². The second-order valence-corrected chi connectivity index (χ2v) is 5.65. The zero-order chi connectivity index (χ0) is 15.7. The number of hydrogen-bond acceptors (Lipinski definition) is 1. The molecule has 0 saturated heterocycles. The Morgan fingerprint density at radius 1 is 1.18 bits per heavy atom. The molecular weight excluding hydrogens is 284 g/mol. The van der Waals surface area contributed by atoms with Crippen molar-refractivity contribution in [3.63, 3.8) is 0 Å². The van der Waals surface area contributed by atoms with Crippen LogP contribution < -0.4 is 0 Å². The Bertz CT molecular complexity index is 714. The number of carbonyl (C=O) groups is 1. The minimum absolute atomic E-state index is 0.0971. The fraction of sp³-hybridized carbons (Fsp3) is 0.278. The van der Waals surface area contributed by atoms with Crippen LogP contribution in [0.4, 0.5) is 8.78 Å². The Hall–Kier alpha value is -2.23. The van der Waals surface area contributed by atoms with Gasteiger partial charge in [0, 0.05) is 7.05 Å². The van der Waals surface area contributed by atoms with Gasteiger partial charge in [-0.25, -0.2) is 8.78 Å². The van der Waals surface area contributed by atoms with Crippen LogP contribution in [0.2, 0.25) is 0 Å². The third-order valence-electron chi connectivity index (χ3n) is 4.28. The number of rotatable bonds is 2. The van der Waals surface area contributed by atoms with Gasteiger partial charge in [-0.2, -0.15) is 0 Å². The number of amides is 1. The van der Waals surface area contributed by atoms with Crippen molar-refractivity contribution in [2.24, 2.45) is 0 Å². The summed E-state index contributed by atoms with van der Waals surface area (Å²) in [5.41, 5.74) is 2.10. The lowest BCUT2D eigenvalue weighted by atomic mass is 9.87. The molecule has 0 saturated carbocycles. The highest BCUT2D eigenvalue weighted by Crippen LogP contribution is 2.34. The van der Waals surface area contributed by atoms with E-state index in [9.17, 15) is 13.6 Å². The van der Waals surface area contributed by atoms with Crippen LogP contribution >= 0.6 is 0 Å². The first-order valence-electron chi connectivity index (χ1n) is 7.38. The van der Waals surface area contributed by atoms with Crippen LogP contribution in [0.5, 0.6) is 0 Å². The molecule has 1 atom stereocenters. The molecule has 1 aliphatic rings. The molecule has 114 valence electrons. The molecule has 4 heteroatoms. The topological polar surface area (TPSA) is 20.3 Å². The van der Waals surface area contributed by atoms with E-state index in [-0.39, 0.29) is 11.6 Å². The maximum atomic E-state index is 13.8. The van der Waals surface area contributed by atoms with Gasteiger partial charge in [-0.3, -0.25) is 4.79 Å². The summed E-state index contributed by atoms with van der Waals surface area (Å²) in [6.07, 6.45) is 2.80. The average molecular weight is 301 g/mol. The zero-order valence-corrected chi connectivity index (χ0v) is 12.4. The lowest BCUT2D eigenvalue weighted by Gasteiger charge is -2.33. The third-order valence-corrected chi connectivity index (χ3v) is 4.28. The van der Waals surface area contributed by atoms with Crippen molar-refractivity contribution in [1.82, 2.24) is 4.90 Å². The number of hydrogen-bond donors (Lipinski definition) is 0. The highest BCUT2D eigenvalue weighted by Gasteiger charge is 2.28. The molecule has 22 heavy (non-hydrogen) atoms. The molecule has 0 aromatic heterocycles. The van der Waals surface area contributed by atoms with Crippen LogP contribution in [0.15, 0.2) is 42.5 Å². The van der Waals surface area contributed by atoms with Crippen molar-refractivity contribution in [2.75, 3.05) is 7.05 Å². The van der Waals surface area contributed by atoms with Gasteiger partial charge >= 0.3 is 0 Å². The van der Waals surface area contributed by atoms with Gasteiger partial charge in [0.2, 0.25) is 0 Å². The number of aryl methyl sites for hydroxylation is 1. The molecule has 0 heterocycles. The highest BCUT2D eigenvalue weighted by molar-refractivity contribution is 5.94. The summed E-state index contributed by atoms with van der Waals surface area (Å²) in [7, 11) is 1.65. The summed E-state index contributed by atoms with van der Waals surface area (Å²) in [5, 5.41) is 0. The molecule has 0 radical (unpaired) electrons. The fourth-order valence-electron chi connectivity index (χ4n) is 3.12. The normalized spacial score (nSPS) is 17.0. The molecule has 2 aromatic carbocycles. The van der Waals surface area contributed by atoms with Gasteiger partial charge in [-0.05, 0) is 48.6 Å². The SMILES string of the molecule is CN(C(=O)c1cc(F)ccc1F)C1CCCc2ccccc21. The van der Waals surface area contributed by atoms with Gasteiger partial charge in [-0.1, -0.05) is 24.3 Å². The van der Waals surface area contributed by atoms with E-state index in [1.54, 1.807) is 7.05 Å². The first-order chi connectivity index (χ1) is 10.6. The van der Waals surface area contributed by atoms with Gasteiger partial charge in [-0.15, -0.1) is 0 Å². The van der Waals surface area contributed by atoms with Crippen LogP contribution in [0.3, 0.4) is 0 Å². The molecule has 0 aliphatic heterocycles. The van der Waals surface area contributed by atoms with Crippen LogP contribution in [-0.2, 0) is 6.42 Å². The van der Waals surface area contributed by atoms with Crippen molar-refractivity contribution in [3.8, 4) is 0 Å². The van der Waals surface area contributed by atoms with Crippen LogP contribution in [-0.4, -0.2) is 17.9 Å². The van der Waals surface area contributed by atoms with E-state index in [4.69, 9.17) is 0 Å². The number of carbonyl (C=O) groups excluding carboxylic acids is 1. The predicted octanol–water partition coefficient (Wildman–Crippen LogP) is 4.11. The number of halogens is 2. The van der Waals surface area contributed by atoms with Crippen molar-refractivity contribution in [1.29, 1.82) is 0 Å². The Morgan fingerprint density at radius 2 is 1.95 bits per heavy atom. The van der Waals surface area contributed by atoms with E-state index in [0.29, 0.717) is 0 Å². The Kier molecular flexibility index (Phi) is 3.92. The minimum atomic E-state index is -0.692. The van der Waals surface area contributed by atoms with Gasteiger partial charge in [0.05, 0.1) is 11.6 Å². The monoisotopic (exact) mass is 301 g/mol. The lowest BCUT2D eigenvalue weighted by molar-refractivity contribution is 0.0709. The molecule has 3 rings (SSSR count). The van der Waals surface area contributed by atoms with Crippen molar-refractivity contribution >= 4 is 5.91 Å². The Balaban J connectivity index is 1.93. The molecule has 1 unspecified atom stereocenters. The highest BCUT2D eigenvalue weighted by atomic mass is 19.1. The van der Waals surface area contributed by atoms with E-state index >= 15 is 0 Å². The van der Waals surface area contributed by atoms with Crippen molar-refractivity contribution in [2.45, 2.75) is 25.3 Å². The summed E-state index contributed by atoms with van der Waals surface area (Å²) < 4.78 is 27.1. The lowest BCUT2D eigenvalue weighted by Crippen LogP contribution is -2.33. The predicted molar refractivity (Wildman–Crippen MR) is 80.6 cm³/mol. The van der Waals surface area contributed by atoms with E-state index in [0.717, 1.165) is 43.0 Å². The summed E-state index contributed by atoms with van der Waals surface area (Å²) >= 11 is 0. The summed E-state index contributed by atoms with van der Waals surface area (Å²) in [6.45, 7) is 0. The minimum Gasteiger partial charge on any atom is -0.335 e. The maximum Gasteiger partial charge on any atom is 0.257 e. The van der Waals surface area contributed by atoms with E-state index in [1.165, 1.54) is 10.5 Å². The largest absolute Gasteiger partial charge is 0.335 e. The average Bonchev–Trinajstić information content (AvgIpc) is 2.55. The van der Waals surface area contributed by atoms with Gasteiger partial charge in [0.1, 0.15) is 11.6 Å². The number of nitrogens with zero attached hydrogens (tertiary/aromatic N) is 1. The van der Waals surface area contributed by atoms with Crippen LogP contribution in [0.1, 0.15) is 40.4 Å². The summed E-state index contributed by atoms with van der Waals surface area (Å²) in [4.78, 5) is 14.1. The standard InChI is InChI=1S/C18H17F2NO/c1-21(18(22)15-11-13(19)9-10-16(15)20)17-8-4-6-12-5-2-3-7-14(12)17/h2-3,5,7,9-11,17H,4,6,8H2,1H3. The molecular formula is C18H17F2NO. The summed E-state index contributed by atoms with van der Waals surface area (Å²) in [5.74, 6) is -1.79. The molecule has 1 aliphatic carbocycles. The van der Waals surface area contributed by atoms with Crippen molar-refractivity contribution in [3.05, 3.63) is 70.8 Å². The quantitative estimate of drug-likeness (QED) is 0.817. The Morgan fingerprint density at radius 3 is 2.77 bits per heavy atom. The second kappa shape index (κ2) is 5.87. The smallest absolute Gasteiger partial charge is 0.257 e. The van der Waals surface area contributed by atoms with E-state index in [2.05, 4.69) is 6.07 Å². The molecule has 0 fully saturated rings. The van der Waals surface area contributed by atoms with Crippen LogP contribution in [0, 0.1) is 11.6 Å². The molecule has 0 spiro atoms. The maximum absolute atomic E-state index is 13.8. The summed E-state index contributed by atoms with van der Waals surface area (Å²) in [6, 6.07) is 10.9. The van der Waals surface area contributed by atoms with E-state index in [1.807, 2.05) is 18.2 Å². The van der Waals surface area contributed by atoms with Gasteiger partial charge in [0.25, 0.3) is 5.91 Å². The first-order valence-corrected chi connectivity index (χ1v) is 7.38. The molecule has 2 nitrogen and oxygen atoms in total. The fourth-order valence-corrected chi connectivity index (χ4v) is 3.12. The zero-order valence-electron chi connectivity index (χ0n) is 12.4. The Labute approximate surface area is 128 Å². The second-order valence-electron chi connectivity index (χ2n) is 5.65.